The summed E-state index contributed by atoms with van der Waals surface area (Å²) in [6, 6.07) is 7.96. The maximum absolute atomic E-state index is 12.1. The van der Waals surface area contributed by atoms with E-state index < -0.39 is 6.10 Å². The minimum Gasteiger partial charge on any atom is -0.492 e. The van der Waals surface area contributed by atoms with Crippen molar-refractivity contribution in [3.8, 4) is 5.75 Å². The molecule has 1 fully saturated rings. The molecular formula is C18H28N2O3. The highest BCUT2D eigenvalue weighted by atomic mass is 16.5. The number of benzene rings is 1. The molecule has 2 rings (SSSR count). The fraction of sp³-hybridized carbons (Fsp3) is 0.611. The van der Waals surface area contributed by atoms with E-state index in [0.29, 0.717) is 19.7 Å². The molecule has 1 aliphatic heterocycles. The molecule has 5 heteroatoms. The number of piperidine rings is 1. The number of aliphatic hydroxyl groups excluding tert-OH is 1. The van der Waals surface area contributed by atoms with E-state index in [4.69, 9.17) is 4.74 Å². The minimum absolute atomic E-state index is 0.00890. The Kier molecular flexibility index (Phi) is 6.86. The van der Waals surface area contributed by atoms with Crippen molar-refractivity contribution in [2.24, 2.45) is 0 Å². The van der Waals surface area contributed by atoms with E-state index in [1.54, 1.807) is 6.92 Å². The summed E-state index contributed by atoms with van der Waals surface area (Å²) in [5.41, 5.74) is 1.15. The van der Waals surface area contributed by atoms with E-state index in [9.17, 15) is 9.90 Å². The van der Waals surface area contributed by atoms with Gasteiger partial charge in [0.15, 0.2) is 0 Å². The number of hydrogen-bond acceptors (Lipinski definition) is 4. The van der Waals surface area contributed by atoms with Gasteiger partial charge < -0.3 is 15.2 Å². The van der Waals surface area contributed by atoms with Crippen LogP contribution in [0, 0.1) is 6.92 Å². The van der Waals surface area contributed by atoms with Gasteiger partial charge in [-0.1, -0.05) is 18.6 Å². The first-order valence-electron chi connectivity index (χ1n) is 8.44. The van der Waals surface area contributed by atoms with Gasteiger partial charge in [0.05, 0.1) is 19.2 Å². The second kappa shape index (κ2) is 8.89. The summed E-state index contributed by atoms with van der Waals surface area (Å²) in [5.74, 6) is 0.815. The Morgan fingerprint density at radius 3 is 3.04 bits per heavy atom. The Balaban J connectivity index is 1.68. The average Bonchev–Trinajstić information content (AvgIpc) is 2.52. The molecule has 1 saturated heterocycles. The second-order valence-corrected chi connectivity index (χ2v) is 6.29. The highest BCUT2D eigenvalue weighted by molar-refractivity contribution is 5.78. The van der Waals surface area contributed by atoms with Gasteiger partial charge in [-0.05, 0) is 50.9 Å². The molecule has 23 heavy (non-hydrogen) atoms. The van der Waals surface area contributed by atoms with Crippen LogP contribution in [-0.4, -0.2) is 54.3 Å². The summed E-state index contributed by atoms with van der Waals surface area (Å²) in [7, 11) is 0. The number of hydrogen-bond donors (Lipinski definition) is 2. The number of nitrogens with zero attached hydrogens (tertiary/aromatic N) is 1. The van der Waals surface area contributed by atoms with Gasteiger partial charge in [0, 0.05) is 6.04 Å². The van der Waals surface area contributed by atoms with Crippen LogP contribution in [0.1, 0.15) is 31.7 Å². The molecule has 5 nitrogen and oxygen atoms in total. The zero-order chi connectivity index (χ0) is 16.7. The van der Waals surface area contributed by atoms with E-state index in [1.807, 2.05) is 31.2 Å². The zero-order valence-corrected chi connectivity index (χ0v) is 14.1. The number of nitrogens with one attached hydrogen (secondary N) is 1. The molecule has 2 unspecified atom stereocenters. The third-order valence-electron chi connectivity index (χ3n) is 4.25. The Bertz CT molecular complexity index is 505. The summed E-state index contributed by atoms with van der Waals surface area (Å²) in [4.78, 5) is 14.1. The molecule has 1 heterocycles. The smallest absolute Gasteiger partial charge is 0.234 e. The number of rotatable bonds is 7. The number of carbonyl (C=O) groups excluding carboxylic acids is 1. The average molecular weight is 320 g/mol. The third kappa shape index (κ3) is 5.84. The van der Waals surface area contributed by atoms with Crippen LogP contribution in [0.2, 0.25) is 0 Å². The highest BCUT2D eigenvalue weighted by Crippen LogP contribution is 2.19. The first-order chi connectivity index (χ1) is 11.1. The summed E-state index contributed by atoms with van der Waals surface area (Å²) in [6.07, 6.45) is 2.78. The lowest BCUT2D eigenvalue weighted by atomic mass is 9.98. The highest BCUT2D eigenvalue weighted by Gasteiger charge is 2.27. The summed E-state index contributed by atoms with van der Waals surface area (Å²) < 4.78 is 5.62. The topological polar surface area (TPSA) is 61.8 Å². The molecule has 1 amide bonds. The van der Waals surface area contributed by atoms with Crippen LogP contribution in [0.15, 0.2) is 24.3 Å². The largest absolute Gasteiger partial charge is 0.492 e. The van der Waals surface area contributed by atoms with Crippen molar-refractivity contribution in [2.75, 3.05) is 26.2 Å². The van der Waals surface area contributed by atoms with E-state index >= 15 is 0 Å². The SMILES string of the molecule is Cc1cccc(OCCNC(=O)CN2CCCCC2C(C)O)c1. The predicted octanol–water partition coefficient (Wildman–Crippen LogP) is 1.73. The van der Waals surface area contributed by atoms with Crippen LogP contribution >= 0.6 is 0 Å². The van der Waals surface area contributed by atoms with Crippen molar-refractivity contribution in [1.29, 1.82) is 0 Å². The van der Waals surface area contributed by atoms with Crippen LogP contribution in [0.5, 0.6) is 5.75 Å². The number of aryl methyl sites for hydroxylation is 1. The van der Waals surface area contributed by atoms with Gasteiger partial charge in [0.25, 0.3) is 0 Å². The Morgan fingerprint density at radius 2 is 2.30 bits per heavy atom. The normalized spacial score (nSPS) is 20.0. The maximum atomic E-state index is 12.1. The fourth-order valence-electron chi connectivity index (χ4n) is 3.06. The first kappa shape index (κ1) is 17.8. The monoisotopic (exact) mass is 320 g/mol. The number of aliphatic hydroxyl groups is 1. The zero-order valence-electron chi connectivity index (χ0n) is 14.1. The fourth-order valence-corrected chi connectivity index (χ4v) is 3.06. The number of amides is 1. The minimum atomic E-state index is -0.396. The molecule has 2 N–H and O–H groups in total. The molecule has 128 valence electrons. The van der Waals surface area contributed by atoms with E-state index in [0.717, 1.165) is 37.1 Å². The molecule has 0 radical (unpaired) electrons. The third-order valence-corrected chi connectivity index (χ3v) is 4.25. The number of carbonyl (C=O) groups is 1. The summed E-state index contributed by atoms with van der Waals surface area (Å²) >= 11 is 0. The number of likely N-dealkylation sites (tertiary alicyclic amines) is 1. The van der Waals surface area contributed by atoms with E-state index in [-0.39, 0.29) is 11.9 Å². The quantitative estimate of drug-likeness (QED) is 0.751. The van der Waals surface area contributed by atoms with Crippen LogP contribution in [0.3, 0.4) is 0 Å². The lowest BCUT2D eigenvalue weighted by molar-refractivity contribution is -0.124. The van der Waals surface area contributed by atoms with Crippen LogP contribution in [-0.2, 0) is 4.79 Å². The molecule has 1 aromatic carbocycles. The first-order valence-corrected chi connectivity index (χ1v) is 8.44. The molecule has 0 aromatic heterocycles. The van der Waals surface area contributed by atoms with Crippen LogP contribution < -0.4 is 10.1 Å². The second-order valence-electron chi connectivity index (χ2n) is 6.29. The van der Waals surface area contributed by atoms with Crippen LogP contribution in [0.4, 0.5) is 0 Å². The number of ether oxygens (including phenoxy) is 1. The summed E-state index contributed by atoms with van der Waals surface area (Å²) in [5, 5.41) is 12.7. The molecule has 1 aromatic rings. The molecule has 2 atom stereocenters. The van der Waals surface area contributed by atoms with Crippen molar-refractivity contribution < 1.29 is 14.6 Å². The Hall–Kier alpha value is -1.59. The van der Waals surface area contributed by atoms with E-state index in [1.165, 1.54) is 0 Å². The van der Waals surface area contributed by atoms with Gasteiger partial charge in [-0.3, -0.25) is 9.69 Å². The van der Waals surface area contributed by atoms with Crippen molar-refractivity contribution in [1.82, 2.24) is 10.2 Å². The Morgan fingerprint density at radius 1 is 1.48 bits per heavy atom. The van der Waals surface area contributed by atoms with E-state index in [2.05, 4.69) is 10.2 Å². The lowest BCUT2D eigenvalue weighted by Gasteiger charge is -2.36. The van der Waals surface area contributed by atoms with Crippen molar-refractivity contribution in [2.45, 2.75) is 45.3 Å². The van der Waals surface area contributed by atoms with Crippen molar-refractivity contribution in [3.05, 3.63) is 29.8 Å². The van der Waals surface area contributed by atoms with Crippen molar-refractivity contribution >= 4 is 5.91 Å². The van der Waals surface area contributed by atoms with Crippen LogP contribution in [0.25, 0.3) is 0 Å². The van der Waals surface area contributed by atoms with Gasteiger partial charge in [-0.2, -0.15) is 0 Å². The molecule has 0 saturated carbocycles. The molecule has 0 spiro atoms. The molecular weight excluding hydrogens is 292 g/mol. The summed E-state index contributed by atoms with van der Waals surface area (Å²) in [6.45, 7) is 5.99. The van der Waals surface area contributed by atoms with Gasteiger partial charge in [-0.15, -0.1) is 0 Å². The van der Waals surface area contributed by atoms with Crippen molar-refractivity contribution in [3.63, 3.8) is 0 Å². The standard InChI is InChI=1S/C18H28N2O3/c1-14-6-5-7-16(12-14)23-11-9-19-18(22)13-20-10-4-3-8-17(20)15(2)21/h5-7,12,15,17,21H,3-4,8-11,13H2,1-2H3,(H,19,22). The van der Waals surface area contributed by atoms with Gasteiger partial charge in [0.2, 0.25) is 5.91 Å². The van der Waals surface area contributed by atoms with Gasteiger partial charge >= 0.3 is 0 Å². The molecule has 1 aliphatic rings. The lowest BCUT2D eigenvalue weighted by Crippen LogP contribution is -2.50. The maximum Gasteiger partial charge on any atom is 0.234 e. The predicted molar refractivity (Wildman–Crippen MR) is 90.6 cm³/mol. The molecule has 0 bridgehead atoms. The molecule has 0 aliphatic carbocycles. The Labute approximate surface area is 138 Å². The van der Waals surface area contributed by atoms with Gasteiger partial charge in [-0.25, -0.2) is 0 Å². The van der Waals surface area contributed by atoms with Gasteiger partial charge in [0.1, 0.15) is 12.4 Å².